The number of rotatable bonds is 3. The number of ether oxygens (including phenoxy) is 1. The van der Waals surface area contributed by atoms with Crippen molar-refractivity contribution in [2.24, 2.45) is 7.05 Å². The molecular formula is C13H13F3N2O. The lowest BCUT2D eigenvalue weighted by Crippen LogP contribution is -2.05. The molecule has 0 spiro atoms. The fourth-order valence-corrected chi connectivity index (χ4v) is 1.58. The Hall–Kier alpha value is -1.98. The smallest absolute Gasteiger partial charge is 0.416 e. The van der Waals surface area contributed by atoms with Gasteiger partial charge in [0.2, 0.25) is 0 Å². The minimum Gasteiger partial charge on any atom is -0.487 e. The van der Waals surface area contributed by atoms with E-state index in [4.69, 9.17) is 4.74 Å². The van der Waals surface area contributed by atoms with E-state index >= 15 is 0 Å². The quantitative estimate of drug-likeness (QED) is 0.855. The van der Waals surface area contributed by atoms with Crippen LogP contribution in [0.25, 0.3) is 0 Å². The maximum absolute atomic E-state index is 12.4. The van der Waals surface area contributed by atoms with Crippen LogP contribution in [0.2, 0.25) is 0 Å². The van der Waals surface area contributed by atoms with E-state index < -0.39 is 11.7 Å². The third kappa shape index (κ3) is 3.07. The second kappa shape index (κ2) is 4.95. The van der Waals surface area contributed by atoms with Gasteiger partial charge in [0.05, 0.1) is 17.5 Å². The van der Waals surface area contributed by atoms with E-state index in [0.717, 1.165) is 23.7 Å². The summed E-state index contributed by atoms with van der Waals surface area (Å²) in [6, 6.07) is 4.63. The molecule has 0 fully saturated rings. The van der Waals surface area contributed by atoms with Gasteiger partial charge < -0.3 is 9.30 Å². The third-order valence-corrected chi connectivity index (χ3v) is 2.88. The standard InChI is InChI=1S/C13H13F3N2O/c1-9-17-7-11(18(9)2)8-19-12-5-3-10(4-6-12)13(14,15)16/h3-7H,8H2,1-2H3. The minimum atomic E-state index is -4.32. The molecule has 3 nitrogen and oxygen atoms in total. The van der Waals surface area contributed by atoms with Gasteiger partial charge in [-0.15, -0.1) is 0 Å². The molecule has 0 radical (unpaired) electrons. The molecule has 0 aliphatic heterocycles. The molecule has 6 heteroatoms. The summed E-state index contributed by atoms with van der Waals surface area (Å²) < 4.78 is 44.4. The lowest BCUT2D eigenvalue weighted by Gasteiger charge is -2.09. The number of hydrogen-bond donors (Lipinski definition) is 0. The fraction of sp³-hybridized carbons (Fsp3) is 0.308. The van der Waals surface area contributed by atoms with E-state index in [1.807, 2.05) is 18.5 Å². The summed E-state index contributed by atoms with van der Waals surface area (Å²) in [6.45, 7) is 2.13. The molecule has 1 aromatic carbocycles. The van der Waals surface area contributed by atoms with E-state index in [9.17, 15) is 13.2 Å². The molecule has 0 N–H and O–H groups in total. The van der Waals surface area contributed by atoms with E-state index in [1.54, 1.807) is 6.20 Å². The van der Waals surface area contributed by atoms with Gasteiger partial charge in [0, 0.05) is 7.05 Å². The summed E-state index contributed by atoms with van der Waals surface area (Å²) in [4.78, 5) is 4.11. The number of nitrogens with zero attached hydrogens (tertiary/aromatic N) is 2. The zero-order valence-electron chi connectivity index (χ0n) is 10.5. The van der Waals surface area contributed by atoms with Crippen LogP contribution >= 0.6 is 0 Å². The lowest BCUT2D eigenvalue weighted by atomic mass is 10.2. The van der Waals surface area contributed by atoms with Crippen molar-refractivity contribution >= 4 is 0 Å². The Morgan fingerprint density at radius 1 is 1.21 bits per heavy atom. The van der Waals surface area contributed by atoms with Crippen molar-refractivity contribution in [2.45, 2.75) is 19.7 Å². The number of aryl methyl sites for hydroxylation is 1. The Morgan fingerprint density at radius 3 is 2.32 bits per heavy atom. The molecule has 0 aliphatic carbocycles. The van der Waals surface area contributed by atoms with Gasteiger partial charge in [-0.05, 0) is 31.2 Å². The average Bonchev–Trinajstić information content (AvgIpc) is 2.67. The molecule has 1 heterocycles. The highest BCUT2D eigenvalue weighted by Gasteiger charge is 2.29. The third-order valence-electron chi connectivity index (χ3n) is 2.88. The number of hydrogen-bond acceptors (Lipinski definition) is 2. The van der Waals surface area contributed by atoms with Gasteiger partial charge in [0.15, 0.2) is 0 Å². The van der Waals surface area contributed by atoms with E-state index in [1.165, 1.54) is 12.1 Å². The molecule has 0 aliphatic rings. The summed E-state index contributed by atoms with van der Waals surface area (Å²) in [5.74, 6) is 1.25. The normalized spacial score (nSPS) is 11.6. The second-order valence-corrected chi connectivity index (χ2v) is 4.17. The van der Waals surface area contributed by atoms with Gasteiger partial charge in [-0.3, -0.25) is 0 Å². The number of alkyl halides is 3. The topological polar surface area (TPSA) is 27.1 Å². The SMILES string of the molecule is Cc1ncc(COc2ccc(C(F)(F)F)cc2)n1C. The molecule has 19 heavy (non-hydrogen) atoms. The molecule has 0 atom stereocenters. The number of aromatic nitrogens is 2. The number of halogens is 3. The lowest BCUT2D eigenvalue weighted by molar-refractivity contribution is -0.137. The molecule has 0 amide bonds. The zero-order chi connectivity index (χ0) is 14.0. The van der Waals surface area contributed by atoms with E-state index in [2.05, 4.69) is 4.98 Å². The van der Waals surface area contributed by atoms with Crippen LogP contribution in [0, 0.1) is 6.92 Å². The fourth-order valence-electron chi connectivity index (χ4n) is 1.58. The Balaban J connectivity index is 2.03. The summed E-state index contributed by atoms with van der Waals surface area (Å²) in [7, 11) is 1.85. The van der Waals surface area contributed by atoms with Crippen molar-refractivity contribution < 1.29 is 17.9 Å². The number of benzene rings is 1. The molecule has 0 unspecified atom stereocenters. The van der Waals surface area contributed by atoms with Crippen molar-refractivity contribution in [1.29, 1.82) is 0 Å². The van der Waals surface area contributed by atoms with Crippen molar-refractivity contribution in [3.05, 3.63) is 47.5 Å². The summed E-state index contributed by atoms with van der Waals surface area (Å²) in [5.41, 5.74) is 0.175. The Labute approximate surface area is 108 Å². The molecule has 2 aromatic rings. The van der Waals surface area contributed by atoms with Crippen molar-refractivity contribution in [3.63, 3.8) is 0 Å². The first-order chi connectivity index (χ1) is 8.88. The molecule has 0 saturated heterocycles. The molecule has 0 bridgehead atoms. The van der Waals surface area contributed by atoms with Gasteiger partial charge >= 0.3 is 6.18 Å². The average molecular weight is 270 g/mol. The van der Waals surface area contributed by atoms with Crippen LogP contribution in [-0.4, -0.2) is 9.55 Å². The maximum Gasteiger partial charge on any atom is 0.416 e. The molecule has 102 valence electrons. The van der Waals surface area contributed by atoms with Crippen molar-refractivity contribution in [1.82, 2.24) is 9.55 Å². The van der Waals surface area contributed by atoms with Crippen LogP contribution in [0.3, 0.4) is 0 Å². The first-order valence-electron chi connectivity index (χ1n) is 5.65. The van der Waals surface area contributed by atoms with Crippen LogP contribution < -0.4 is 4.74 Å². The maximum atomic E-state index is 12.4. The Bertz CT molecular complexity index is 558. The predicted molar refractivity (Wildman–Crippen MR) is 63.7 cm³/mol. The molecule has 1 aromatic heterocycles. The Morgan fingerprint density at radius 2 is 1.84 bits per heavy atom. The van der Waals surface area contributed by atoms with Crippen LogP contribution in [0.1, 0.15) is 17.1 Å². The van der Waals surface area contributed by atoms with E-state index in [0.29, 0.717) is 5.75 Å². The van der Waals surface area contributed by atoms with Gasteiger partial charge in [-0.1, -0.05) is 0 Å². The highest BCUT2D eigenvalue weighted by molar-refractivity contribution is 5.29. The zero-order valence-corrected chi connectivity index (χ0v) is 10.5. The second-order valence-electron chi connectivity index (χ2n) is 4.17. The van der Waals surface area contributed by atoms with Crippen LogP contribution in [0.4, 0.5) is 13.2 Å². The molecule has 2 rings (SSSR count). The minimum absolute atomic E-state index is 0.267. The molecular weight excluding hydrogens is 257 g/mol. The van der Waals surface area contributed by atoms with Crippen molar-refractivity contribution in [3.8, 4) is 5.75 Å². The van der Waals surface area contributed by atoms with Gasteiger partial charge in [0.1, 0.15) is 18.2 Å². The van der Waals surface area contributed by atoms with Gasteiger partial charge in [0.25, 0.3) is 0 Å². The van der Waals surface area contributed by atoms with E-state index in [-0.39, 0.29) is 6.61 Å². The van der Waals surface area contributed by atoms with Gasteiger partial charge in [-0.2, -0.15) is 13.2 Å². The van der Waals surface area contributed by atoms with Crippen LogP contribution in [-0.2, 0) is 19.8 Å². The summed E-state index contributed by atoms with van der Waals surface area (Å²) in [5, 5.41) is 0. The van der Waals surface area contributed by atoms with Crippen LogP contribution in [0.15, 0.2) is 30.5 Å². The Kier molecular flexibility index (Phi) is 3.50. The molecule has 0 saturated carbocycles. The highest BCUT2D eigenvalue weighted by Crippen LogP contribution is 2.30. The summed E-state index contributed by atoms with van der Waals surface area (Å²) >= 11 is 0. The first kappa shape index (κ1) is 13.5. The summed E-state index contributed by atoms with van der Waals surface area (Å²) in [6.07, 6.45) is -2.64. The largest absolute Gasteiger partial charge is 0.487 e. The monoisotopic (exact) mass is 270 g/mol. The van der Waals surface area contributed by atoms with Gasteiger partial charge in [-0.25, -0.2) is 4.98 Å². The first-order valence-corrected chi connectivity index (χ1v) is 5.65. The van der Waals surface area contributed by atoms with Crippen molar-refractivity contribution in [2.75, 3.05) is 0 Å². The highest BCUT2D eigenvalue weighted by atomic mass is 19.4. The predicted octanol–water partition coefficient (Wildman–Crippen LogP) is 3.33. The number of imidazole rings is 1. The van der Waals surface area contributed by atoms with Crippen LogP contribution in [0.5, 0.6) is 5.75 Å².